The standard InChI is InChI=1S/C20H20N2O3/c1-2-25-20(23)17-12-15-14-10-6-7-11-16(14)21-18(15)19(22(17)24)13-8-4-3-5-9-13/h3-11,17,19,21,24H,2,12H2,1H3/t17-,19-/m1/s1. The molecule has 0 aliphatic carbocycles. The molecule has 2 atom stereocenters. The summed E-state index contributed by atoms with van der Waals surface area (Å²) < 4.78 is 5.19. The van der Waals surface area contributed by atoms with Crippen molar-refractivity contribution >= 4 is 16.9 Å². The number of ether oxygens (including phenoxy) is 1. The Morgan fingerprint density at radius 2 is 1.92 bits per heavy atom. The van der Waals surface area contributed by atoms with E-state index in [1.165, 1.54) is 0 Å². The molecule has 25 heavy (non-hydrogen) atoms. The highest BCUT2D eigenvalue weighted by molar-refractivity contribution is 5.87. The van der Waals surface area contributed by atoms with Crippen molar-refractivity contribution in [3.8, 4) is 0 Å². The maximum Gasteiger partial charge on any atom is 0.326 e. The van der Waals surface area contributed by atoms with Gasteiger partial charge in [-0.05, 0) is 24.1 Å². The molecule has 0 radical (unpaired) electrons. The molecule has 0 bridgehead atoms. The lowest BCUT2D eigenvalue weighted by Gasteiger charge is -2.36. The van der Waals surface area contributed by atoms with E-state index in [1.54, 1.807) is 6.92 Å². The zero-order valence-corrected chi connectivity index (χ0v) is 14.0. The Kier molecular flexibility index (Phi) is 4.03. The number of hydrogen-bond acceptors (Lipinski definition) is 4. The van der Waals surface area contributed by atoms with Crippen molar-refractivity contribution in [3.63, 3.8) is 0 Å². The molecule has 5 nitrogen and oxygen atoms in total. The third-order valence-electron chi connectivity index (χ3n) is 4.78. The molecule has 2 heterocycles. The molecule has 0 spiro atoms. The van der Waals surface area contributed by atoms with Gasteiger partial charge in [0.25, 0.3) is 0 Å². The van der Waals surface area contributed by atoms with Crippen molar-refractivity contribution in [2.75, 3.05) is 6.61 Å². The van der Waals surface area contributed by atoms with Crippen molar-refractivity contribution < 1.29 is 14.7 Å². The van der Waals surface area contributed by atoms with E-state index in [-0.39, 0.29) is 0 Å². The van der Waals surface area contributed by atoms with Gasteiger partial charge in [0.05, 0.1) is 6.61 Å². The van der Waals surface area contributed by atoms with Crippen molar-refractivity contribution in [1.82, 2.24) is 10.0 Å². The predicted octanol–water partition coefficient (Wildman–Crippen LogP) is 3.44. The summed E-state index contributed by atoms with van der Waals surface area (Å²) in [5.41, 5.74) is 3.92. The fourth-order valence-electron chi connectivity index (χ4n) is 3.66. The molecule has 1 aliphatic rings. The van der Waals surface area contributed by atoms with E-state index in [2.05, 4.69) is 4.98 Å². The highest BCUT2D eigenvalue weighted by Gasteiger charge is 2.41. The summed E-state index contributed by atoms with van der Waals surface area (Å²) in [6.07, 6.45) is 0.415. The Balaban J connectivity index is 1.89. The summed E-state index contributed by atoms with van der Waals surface area (Å²) in [5.74, 6) is -0.401. The van der Waals surface area contributed by atoms with Crippen LogP contribution in [0, 0.1) is 0 Å². The zero-order chi connectivity index (χ0) is 17.4. The number of carbonyl (C=O) groups is 1. The van der Waals surface area contributed by atoms with Crippen molar-refractivity contribution in [3.05, 3.63) is 71.4 Å². The maximum atomic E-state index is 12.4. The molecule has 0 fully saturated rings. The van der Waals surface area contributed by atoms with Gasteiger partial charge < -0.3 is 14.9 Å². The third kappa shape index (κ3) is 2.62. The van der Waals surface area contributed by atoms with Gasteiger partial charge in [-0.25, -0.2) is 0 Å². The van der Waals surface area contributed by atoms with Gasteiger partial charge in [0.15, 0.2) is 0 Å². The first-order valence-corrected chi connectivity index (χ1v) is 8.49. The second-order valence-corrected chi connectivity index (χ2v) is 6.23. The number of H-pyrrole nitrogens is 1. The Hall–Kier alpha value is -2.63. The van der Waals surface area contributed by atoms with Crippen LogP contribution in [0.5, 0.6) is 0 Å². The van der Waals surface area contributed by atoms with Crippen molar-refractivity contribution in [1.29, 1.82) is 0 Å². The summed E-state index contributed by atoms with van der Waals surface area (Å²) in [5, 5.41) is 13.1. The summed E-state index contributed by atoms with van der Waals surface area (Å²) in [4.78, 5) is 15.9. The first kappa shape index (κ1) is 15.9. The molecule has 2 aromatic carbocycles. The number of hydroxylamine groups is 2. The molecule has 5 heteroatoms. The molecule has 0 amide bonds. The molecule has 128 valence electrons. The fraction of sp³-hybridized carbons (Fsp3) is 0.250. The number of benzene rings is 2. The quantitative estimate of drug-likeness (QED) is 0.719. The van der Waals surface area contributed by atoms with Crippen LogP contribution < -0.4 is 0 Å². The second kappa shape index (κ2) is 6.35. The van der Waals surface area contributed by atoms with E-state index in [4.69, 9.17) is 4.74 Å². The predicted molar refractivity (Wildman–Crippen MR) is 94.3 cm³/mol. The van der Waals surface area contributed by atoms with E-state index in [1.807, 2.05) is 54.6 Å². The summed E-state index contributed by atoms with van der Waals surface area (Å²) in [7, 11) is 0. The van der Waals surface area contributed by atoms with Crippen molar-refractivity contribution in [2.24, 2.45) is 0 Å². The molecule has 4 rings (SSSR count). The first-order chi connectivity index (χ1) is 12.2. The number of aromatic amines is 1. The van der Waals surface area contributed by atoms with Gasteiger partial charge in [-0.15, -0.1) is 0 Å². The summed E-state index contributed by atoms with van der Waals surface area (Å²) in [6, 6.07) is 16.6. The SMILES string of the molecule is CCOC(=O)[C@H]1Cc2c([nH]c3ccccc23)[C@@H](c2ccccc2)N1O. The van der Waals surface area contributed by atoms with Gasteiger partial charge in [-0.1, -0.05) is 48.5 Å². The molecular formula is C20H20N2O3. The number of rotatable bonds is 3. The van der Waals surface area contributed by atoms with Crippen LogP contribution in [-0.4, -0.2) is 33.9 Å². The molecule has 0 unspecified atom stereocenters. The monoisotopic (exact) mass is 336 g/mol. The topological polar surface area (TPSA) is 65.6 Å². The highest BCUT2D eigenvalue weighted by atomic mass is 16.6. The lowest BCUT2D eigenvalue weighted by molar-refractivity contribution is -0.187. The van der Waals surface area contributed by atoms with Crippen LogP contribution in [0.2, 0.25) is 0 Å². The average molecular weight is 336 g/mol. The van der Waals surface area contributed by atoms with E-state index < -0.39 is 18.1 Å². The number of para-hydroxylation sites is 1. The number of fused-ring (bicyclic) bond motifs is 3. The van der Waals surface area contributed by atoms with Crippen LogP contribution in [0.3, 0.4) is 0 Å². The molecule has 1 aromatic heterocycles. The van der Waals surface area contributed by atoms with E-state index in [0.29, 0.717) is 13.0 Å². The number of aromatic nitrogens is 1. The summed E-state index contributed by atoms with van der Waals surface area (Å²) >= 11 is 0. The maximum absolute atomic E-state index is 12.4. The molecule has 2 N–H and O–H groups in total. The van der Waals surface area contributed by atoms with Gasteiger partial charge in [0.1, 0.15) is 12.1 Å². The van der Waals surface area contributed by atoms with Crippen LogP contribution in [0.15, 0.2) is 54.6 Å². The minimum absolute atomic E-state index is 0.292. The van der Waals surface area contributed by atoms with Crippen LogP contribution in [0.25, 0.3) is 10.9 Å². The molecule has 0 saturated carbocycles. The Morgan fingerprint density at radius 1 is 1.20 bits per heavy atom. The molecule has 0 saturated heterocycles. The van der Waals surface area contributed by atoms with Gasteiger partial charge in [-0.3, -0.25) is 4.79 Å². The van der Waals surface area contributed by atoms with Crippen molar-refractivity contribution in [2.45, 2.75) is 25.4 Å². The Labute approximate surface area is 145 Å². The van der Waals surface area contributed by atoms with Crippen LogP contribution in [-0.2, 0) is 16.0 Å². The zero-order valence-electron chi connectivity index (χ0n) is 14.0. The van der Waals surface area contributed by atoms with Gasteiger partial charge in [0, 0.05) is 23.0 Å². The summed E-state index contributed by atoms with van der Waals surface area (Å²) in [6.45, 7) is 2.06. The van der Waals surface area contributed by atoms with E-state index in [9.17, 15) is 10.0 Å². The number of nitrogens with one attached hydrogen (secondary N) is 1. The molecular weight excluding hydrogens is 316 g/mol. The van der Waals surface area contributed by atoms with E-state index >= 15 is 0 Å². The molecule has 1 aliphatic heterocycles. The largest absolute Gasteiger partial charge is 0.465 e. The lowest BCUT2D eigenvalue weighted by atomic mass is 9.90. The van der Waals surface area contributed by atoms with Crippen LogP contribution in [0.4, 0.5) is 0 Å². The second-order valence-electron chi connectivity index (χ2n) is 6.23. The number of nitrogens with zero attached hydrogens (tertiary/aromatic N) is 1. The highest BCUT2D eigenvalue weighted by Crippen LogP contribution is 2.39. The first-order valence-electron chi connectivity index (χ1n) is 8.49. The minimum atomic E-state index is -0.725. The smallest absolute Gasteiger partial charge is 0.326 e. The fourth-order valence-corrected chi connectivity index (χ4v) is 3.66. The lowest BCUT2D eigenvalue weighted by Crippen LogP contribution is -2.47. The third-order valence-corrected chi connectivity index (χ3v) is 4.78. The van der Waals surface area contributed by atoms with Gasteiger partial charge in [0.2, 0.25) is 0 Å². The Morgan fingerprint density at radius 3 is 2.68 bits per heavy atom. The Bertz CT molecular complexity index is 904. The average Bonchev–Trinajstić information content (AvgIpc) is 3.00. The number of esters is 1. The van der Waals surface area contributed by atoms with Crippen LogP contribution >= 0.6 is 0 Å². The number of hydrogen-bond donors (Lipinski definition) is 2. The van der Waals surface area contributed by atoms with E-state index in [0.717, 1.165) is 32.8 Å². The molecule has 3 aromatic rings. The van der Waals surface area contributed by atoms with Gasteiger partial charge >= 0.3 is 5.97 Å². The normalized spacial score (nSPS) is 20.4. The van der Waals surface area contributed by atoms with Gasteiger partial charge in [-0.2, -0.15) is 5.06 Å². The minimum Gasteiger partial charge on any atom is -0.465 e. The van der Waals surface area contributed by atoms with Crippen LogP contribution in [0.1, 0.15) is 29.8 Å². The number of carbonyl (C=O) groups excluding carboxylic acids is 1.